The van der Waals surface area contributed by atoms with Crippen LogP contribution in [0.15, 0.2) is 11.9 Å². The van der Waals surface area contributed by atoms with Gasteiger partial charge in [0.2, 0.25) is 0 Å². The molecular weight excluding hydrogens is 178 g/mol. The number of aldehydes is 1. The van der Waals surface area contributed by atoms with Gasteiger partial charge in [-0.2, -0.15) is 0 Å². The maximum absolute atomic E-state index is 10.3. The van der Waals surface area contributed by atoms with Gasteiger partial charge < -0.3 is 5.73 Å². The third-order valence-corrected chi connectivity index (χ3v) is 1.77. The Hall–Kier alpha value is -1.71. The molecule has 74 valence electrons. The molecule has 0 aromatic carbocycles. The van der Waals surface area contributed by atoms with Gasteiger partial charge in [-0.25, -0.2) is 0 Å². The smallest absolute Gasteiger partial charge is 0.165 e. The first kappa shape index (κ1) is 10.4. The molecule has 1 aromatic rings. The molecule has 4 heteroatoms. The number of aromatic nitrogens is 2. The molecule has 0 saturated carbocycles. The predicted molar refractivity (Wildman–Crippen MR) is 54.4 cm³/mol. The minimum absolute atomic E-state index is 0.165. The zero-order chi connectivity index (χ0) is 10.6. The van der Waals surface area contributed by atoms with Crippen molar-refractivity contribution in [2.75, 3.05) is 0 Å². The number of hydrogen-bond donors (Lipinski definition) is 1. The number of aryl methyl sites for hydroxylation is 2. The van der Waals surface area contributed by atoms with Crippen molar-refractivity contribution in [1.29, 1.82) is 0 Å². The molecule has 4 nitrogen and oxygen atoms in total. The van der Waals surface area contributed by atoms with E-state index in [1.165, 1.54) is 6.08 Å². The molecule has 1 aromatic heterocycles. The molecule has 0 aliphatic rings. The normalized spacial score (nSPS) is 11.4. The Morgan fingerprint density at radius 3 is 2.93 bits per heavy atom. The van der Waals surface area contributed by atoms with Crippen LogP contribution in [0.5, 0.6) is 0 Å². The summed E-state index contributed by atoms with van der Waals surface area (Å²) in [6.07, 6.45) is 4.56. The molecule has 0 atom stereocenters. The van der Waals surface area contributed by atoms with E-state index in [0.29, 0.717) is 12.0 Å². The van der Waals surface area contributed by atoms with Gasteiger partial charge in [-0.3, -0.25) is 14.8 Å². The number of hydrogen-bond acceptors (Lipinski definition) is 4. The number of allylic oxidation sites excluding steroid dienone is 1. The molecule has 1 rings (SSSR count). The summed E-state index contributed by atoms with van der Waals surface area (Å²) < 4.78 is 0. The number of nitrogens with two attached hydrogens (primary N) is 1. The highest BCUT2D eigenvalue weighted by molar-refractivity contribution is 5.79. The Morgan fingerprint density at radius 1 is 1.64 bits per heavy atom. The summed E-state index contributed by atoms with van der Waals surface area (Å²) in [5, 5.41) is 0. The highest BCUT2D eigenvalue weighted by Crippen LogP contribution is 2.07. The van der Waals surface area contributed by atoms with Crippen molar-refractivity contribution < 1.29 is 4.79 Å². The molecule has 0 spiro atoms. The lowest BCUT2D eigenvalue weighted by atomic mass is 10.2. The van der Waals surface area contributed by atoms with Crippen molar-refractivity contribution in [3.05, 3.63) is 29.0 Å². The second-order valence-corrected chi connectivity index (χ2v) is 2.96. The molecule has 14 heavy (non-hydrogen) atoms. The summed E-state index contributed by atoms with van der Waals surface area (Å²) in [6, 6.07) is 0. The molecule has 0 aliphatic carbocycles. The summed E-state index contributed by atoms with van der Waals surface area (Å²) >= 11 is 0. The molecule has 0 aliphatic heterocycles. The maximum Gasteiger partial charge on any atom is 0.165 e. The van der Waals surface area contributed by atoms with Gasteiger partial charge in [-0.1, -0.05) is 6.92 Å². The average molecular weight is 191 g/mol. The Bertz CT molecular complexity index is 372. The fourth-order valence-corrected chi connectivity index (χ4v) is 1.11. The molecule has 0 amide bonds. The second-order valence-electron chi connectivity index (χ2n) is 2.96. The first-order chi connectivity index (χ1) is 6.67. The Balaban J connectivity index is 3.14. The number of carbonyl (C=O) groups excluding carboxylic acids is 1. The average Bonchev–Trinajstić information content (AvgIpc) is 2.20. The van der Waals surface area contributed by atoms with E-state index in [-0.39, 0.29) is 5.70 Å². The SMILES string of the molecule is CCc1nc(C)cnc1C=C(N)C=O. The fraction of sp³-hybridized carbons (Fsp3) is 0.300. The van der Waals surface area contributed by atoms with E-state index >= 15 is 0 Å². The predicted octanol–water partition coefficient (Wildman–Crippen LogP) is 0.846. The van der Waals surface area contributed by atoms with Crippen molar-refractivity contribution >= 4 is 12.4 Å². The van der Waals surface area contributed by atoms with Crippen LogP contribution in [-0.2, 0) is 11.2 Å². The second kappa shape index (κ2) is 4.50. The zero-order valence-corrected chi connectivity index (χ0v) is 8.32. The van der Waals surface area contributed by atoms with Crippen LogP contribution in [0, 0.1) is 6.92 Å². The number of carbonyl (C=O) groups is 1. The van der Waals surface area contributed by atoms with Crippen LogP contribution >= 0.6 is 0 Å². The van der Waals surface area contributed by atoms with Gasteiger partial charge in [0.1, 0.15) is 0 Å². The van der Waals surface area contributed by atoms with Crippen LogP contribution in [0.3, 0.4) is 0 Å². The lowest BCUT2D eigenvalue weighted by molar-refractivity contribution is -0.104. The summed E-state index contributed by atoms with van der Waals surface area (Å²) in [6.45, 7) is 3.86. The van der Waals surface area contributed by atoms with Crippen LogP contribution in [0.25, 0.3) is 6.08 Å². The van der Waals surface area contributed by atoms with Gasteiger partial charge in [-0.05, 0) is 19.4 Å². The molecule has 2 N–H and O–H groups in total. The van der Waals surface area contributed by atoms with Crippen LogP contribution in [-0.4, -0.2) is 16.3 Å². The van der Waals surface area contributed by atoms with Crippen molar-refractivity contribution in [2.24, 2.45) is 5.73 Å². The Kier molecular flexibility index (Phi) is 3.34. The quantitative estimate of drug-likeness (QED) is 0.568. The highest BCUT2D eigenvalue weighted by atomic mass is 16.1. The zero-order valence-electron chi connectivity index (χ0n) is 8.32. The molecule has 1 heterocycles. The van der Waals surface area contributed by atoms with Crippen molar-refractivity contribution in [2.45, 2.75) is 20.3 Å². The highest BCUT2D eigenvalue weighted by Gasteiger charge is 2.02. The van der Waals surface area contributed by atoms with E-state index in [9.17, 15) is 4.79 Å². The molecule has 0 unspecified atom stereocenters. The maximum atomic E-state index is 10.3. The van der Waals surface area contributed by atoms with E-state index in [4.69, 9.17) is 5.73 Å². The van der Waals surface area contributed by atoms with Gasteiger partial charge in [0.25, 0.3) is 0 Å². The van der Waals surface area contributed by atoms with Gasteiger partial charge in [0.05, 0.1) is 22.8 Å². The van der Waals surface area contributed by atoms with Gasteiger partial charge >= 0.3 is 0 Å². The van der Waals surface area contributed by atoms with Gasteiger partial charge in [0.15, 0.2) is 6.29 Å². The minimum atomic E-state index is 0.165. The van der Waals surface area contributed by atoms with Crippen molar-refractivity contribution in [3.8, 4) is 0 Å². The topological polar surface area (TPSA) is 68.9 Å². The van der Waals surface area contributed by atoms with Crippen molar-refractivity contribution in [3.63, 3.8) is 0 Å². The molecule has 0 radical (unpaired) electrons. The standard InChI is InChI=1S/C10H13N3O/c1-3-9-10(4-8(11)6-14)12-5-7(2)13-9/h4-6H,3,11H2,1-2H3. The lowest BCUT2D eigenvalue weighted by Gasteiger charge is -2.02. The summed E-state index contributed by atoms with van der Waals surface area (Å²) in [5.41, 5.74) is 7.95. The first-order valence-corrected chi connectivity index (χ1v) is 4.42. The Morgan fingerprint density at radius 2 is 2.36 bits per heavy atom. The van der Waals surface area contributed by atoms with E-state index in [0.717, 1.165) is 17.8 Å². The minimum Gasteiger partial charge on any atom is -0.396 e. The summed E-state index contributed by atoms with van der Waals surface area (Å²) in [4.78, 5) is 18.8. The Labute approximate surface area is 82.9 Å². The molecular formula is C10H13N3O. The van der Waals surface area contributed by atoms with E-state index in [1.807, 2.05) is 13.8 Å². The largest absolute Gasteiger partial charge is 0.396 e. The monoisotopic (exact) mass is 191 g/mol. The van der Waals surface area contributed by atoms with Crippen molar-refractivity contribution in [1.82, 2.24) is 9.97 Å². The molecule has 0 bridgehead atoms. The number of nitrogens with zero attached hydrogens (tertiary/aromatic N) is 2. The third-order valence-electron chi connectivity index (χ3n) is 1.77. The first-order valence-electron chi connectivity index (χ1n) is 4.42. The molecule has 0 saturated heterocycles. The van der Waals surface area contributed by atoms with Crippen LogP contribution in [0.2, 0.25) is 0 Å². The summed E-state index contributed by atoms with van der Waals surface area (Å²) in [5.74, 6) is 0. The summed E-state index contributed by atoms with van der Waals surface area (Å²) in [7, 11) is 0. The van der Waals surface area contributed by atoms with Crippen LogP contribution in [0.1, 0.15) is 24.0 Å². The van der Waals surface area contributed by atoms with Gasteiger partial charge in [0, 0.05) is 6.20 Å². The van der Waals surface area contributed by atoms with Gasteiger partial charge in [-0.15, -0.1) is 0 Å². The van der Waals surface area contributed by atoms with E-state index in [2.05, 4.69) is 9.97 Å². The fourth-order valence-electron chi connectivity index (χ4n) is 1.11. The van der Waals surface area contributed by atoms with E-state index < -0.39 is 0 Å². The van der Waals surface area contributed by atoms with Crippen LogP contribution < -0.4 is 5.73 Å². The molecule has 0 fully saturated rings. The number of rotatable bonds is 3. The lowest BCUT2D eigenvalue weighted by Crippen LogP contribution is -2.02. The third kappa shape index (κ3) is 2.39. The van der Waals surface area contributed by atoms with Crippen LogP contribution in [0.4, 0.5) is 0 Å². The van der Waals surface area contributed by atoms with E-state index in [1.54, 1.807) is 6.20 Å².